The van der Waals surface area contributed by atoms with Gasteiger partial charge in [0.1, 0.15) is 0 Å². The lowest BCUT2D eigenvalue weighted by atomic mass is 10.1. The number of methoxy groups -OCH3 is 2. The Labute approximate surface area is 177 Å². The fraction of sp³-hybridized carbons (Fsp3) is 0.300. The average molecular weight is 431 g/mol. The first kappa shape index (κ1) is 21.3. The average Bonchev–Trinajstić information content (AvgIpc) is 3.37. The Morgan fingerprint density at radius 2 is 1.90 bits per heavy atom. The zero-order valence-corrected chi connectivity index (χ0v) is 17.6. The smallest absolute Gasteiger partial charge is 0.311 e. The number of carbonyl (C=O) groups excluding carboxylic acids is 2. The highest BCUT2D eigenvalue weighted by Gasteiger charge is 2.15. The largest absolute Gasteiger partial charge is 0.493 e. The lowest BCUT2D eigenvalue weighted by molar-refractivity contribution is -0.142. The molecule has 1 N–H and O–H groups in total. The summed E-state index contributed by atoms with van der Waals surface area (Å²) in [6.07, 6.45) is 0.0851. The topological polar surface area (TPSA) is 113 Å². The summed E-state index contributed by atoms with van der Waals surface area (Å²) in [6.45, 7) is 2.06. The number of hydrogen-bond donors (Lipinski definition) is 1. The second kappa shape index (κ2) is 9.88. The number of rotatable bonds is 9. The minimum Gasteiger partial charge on any atom is -0.493 e. The molecule has 0 unspecified atom stereocenters. The summed E-state index contributed by atoms with van der Waals surface area (Å²) in [7, 11) is 3.11. The Kier molecular flexibility index (Phi) is 7.02. The molecule has 30 heavy (non-hydrogen) atoms. The zero-order valence-electron chi connectivity index (χ0n) is 16.8. The van der Waals surface area contributed by atoms with Crippen LogP contribution in [-0.2, 0) is 27.2 Å². The second-order valence-corrected chi connectivity index (χ2v) is 6.96. The molecule has 0 atom stereocenters. The summed E-state index contributed by atoms with van der Waals surface area (Å²) in [5.41, 5.74) is 1.77. The van der Waals surface area contributed by atoms with Gasteiger partial charge in [0.05, 0.1) is 45.1 Å². The number of anilines is 1. The third-order valence-corrected chi connectivity index (χ3v) is 4.80. The van der Waals surface area contributed by atoms with E-state index < -0.39 is 0 Å². The lowest BCUT2D eigenvalue weighted by Crippen LogP contribution is -2.14. The molecule has 0 aliphatic carbocycles. The van der Waals surface area contributed by atoms with Gasteiger partial charge in [0.15, 0.2) is 22.4 Å². The number of benzene rings is 1. The maximum absolute atomic E-state index is 12.3. The molecule has 3 aromatic rings. The number of amides is 1. The van der Waals surface area contributed by atoms with Gasteiger partial charge in [-0.2, -0.15) is 0 Å². The van der Waals surface area contributed by atoms with Crippen molar-refractivity contribution in [2.75, 3.05) is 26.1 Å². The van der Waals surface area contributed by atoms with E-state index in [9.17, 15) is 9.59 Å². The van der Waals surface area contributed by atoms with E-state index in [0.29, 0.717) is 40.4 Å². The van der Waals surface area contributed by atoms with Gasteiger partial charge in [-0.1, -0.05) is 5.16 Å². The van der Waals surface area contributed by atoms with Gasteiger partial charge < -0.3 is 24.1 Å². The van der Waals surface area contributed by atoms with Gasteiger partial charge in [-0.05, 0) is 25.1 Å². The van der Waals surface area contributed by atoms with E-state index in [2.05, 4.69) is 15.5 Å². The first-order chi connectivity index (χ1) is 14.5. The number of thiazole rings is 1. The third-order valence-electron chi connectivity index (χ3n) is 4.00. The van der Waals surface area contributed by atoms with E-state index in [0.717, 1.165) is 5.56 Å². The zero-order chi connectivity index (χ0) is 21.5. The lowest BCUT2D eigenvalue weighted by Gasteiger charge is -2.07. The van der Waals surface area contributed by atoms with Gasteiger partial charge in [-0.25, -0.2) is 4.98 Å². The first-order valence-electron chi connectivity index (χ1n) is 9.10. The molecule has 3 rings (SSSR count). The molecule has 1 amide bonds. The second-order valence-electron chi connectivity index (χ2n) is 6.10. The van der Waals surface area contributed by atoms with Crippen LogP contribution >= 0.6 is 11.3 Å². The van der Waals surface area contributed by atoms with Gasteiger partial charge in [-0.3, -0.25) is 9.59 Å². The van der Waals surface area contributed by atoms with Gasteiger partial charge in [0, 0.05) is 17.0 Å². The third kappa shape index (κ3) is 5.35. The van der Waals surface area contributed by atoms with Crippen molar-refractivity contribution in [2.45, 2.75) is 19.8 Å². The van der Waals surface area contributed by atoms with Crippen LogP contribution in [-0.4, -0.2) is 42.8 Å². The van der Waals surface area contributed by atoms with E-state index in [4.69, 9.17) is 18.7 Å². The molecule has 0 fully saturated rings. The molecular formula is C20H21N3O6S. The molecule has 0 aliphatic rings. The van der Waals surface area contributed by atoms with E-state index in [-0.39, 0.29) is 24.7 Å². The summed E-state index contributed by atoms with van der Waals surface area (Å²) in [4.78, 5) is 28.0. The molecular weight excluding hydrogens is 410 g/mol. The van der Waals surface area contributed by atoms with Crippen molar-refractivity contribution in [3.63, 3.8) is 0 Å². The number of nitrogens with one attached hydrogen (secondary N) is 1. The fourth-order valence-electron chi connectivity index (χ4n) is 2.65. The summed E-state index contributed by atoms with van der Waals surface area (Å²) in [5.74, 6) is 1.02. The molecule has 0 saturated heterocycles. The molecule has 10 heteroatoms. The molecule has 0 saturated carbocycles. The summed E-state index contributed by atoms with van der Waals surface area (Å²) >= 11 is 1.24. The number of carbonyl (C=O) groups is 2. The van der Waals surface area contributed by atoms with Crippen molar-refractivity contribution < 1.29 is 28.3 Å². The molecule has 2 aromatic heterocycles. The Balaban J connectivity index is 1.60. The standard InChI is InChI=1S/C20H21N3O6S/c1-4-28-19(25)10-14-11-30-20(21-14)22-18(24)9-13-8-16(29-23-13)12-5-6-15(26-2)17(7-12)27-3/h5-8,11H,4,9-10H2,1-3H3,(H,21,22,24). The molecule has 1 aromatic carbocycles. The molecule has 0 radical (unpaired) electrons. The van der Waals surface area contributed by atoms with Crippen LogP contribution in [0.25, 0.3) is 11.3 Å². The number of nitrogens with zero attached hydrogens (tertiary/aromatic N) is 2. The molecule has 2 heterocycles. The van der Waals surface area contributed by atoms with Gasteiger partial charge in [0.25, 0.3) is 0 Å². The molecule has 0 spiro atoms. The van der Waals surface area contributed by atoms with Gasteiger partial charge in [-0.15, -0.1) is 11.3 Å². The van der Waals surface area contributed by atoms with Gasteiger partial charge in [0.2, 0.25) is 5.91 Å². The fourth-order valence-corrected chi connectivity index (χ4v) is 3.38. The van der Waals surface area contributed by atoms with Crippen molar-refractivity contribution in [1.29, 1.82) is 0 Å². The van der Waals surface area contributed by atoms with E-state index in [1.54, 1.807) is 44.7 Å². The number of hydrogen-bond acceptors (Lipinski definition) is 9. The van der Waals surface area contributed by atoms with Crippen LogP contribution in [0.3, 0.4) is 0 Å². The molecule has 0 aliphatic heterocycles. The predicted molar refractivity (Wildman–Crippen MR) is 110 cm³/mol. The number of esters is 1. The van der Waals surface area contributed by atoms with Crippen molar-refractivity contribution in [3.8, 4) is 22.8 Å². The molecule has 9 nitrogen and oxygen atoms in total. The summed E-state index contributed by atoms with van der Waals surface area (Å²) in [5, 5.41) is 8.76. The van der Waals surface area contributed by atoms with E-state index in [1.807, 2.05) is 6.07 Å². The van der Waals surface area contributed by atoms with Crippen LogP contribution in [0.5, 0.6) is 11.5 Å². The van der Waals surface area contributed by atoms with E-state index in [1.165, 1.54) is 11.3 Å². The predicted octanol–water partition coefficient (Wildman–Crippen LogP) is 3.10. The Morgan fingerprint density at radius 3 is 2.63 bits per heavy atom. The van der Waals surface area contributed by atoms with Crippen molar-refractivity contribution in [2.24, 2.45) is 0 Å². The highest BCUT2D eigenvalue weighted by molar-refractivity contribution is 7.13. The van der Waals surface area contributed by atoms with Gasteiger partial charge >= 0.3 is 5.97 Å². The first-order valence-corrected chi connectivity index (χ1v) is 9.98. The van der Waals surface area contributed by atoms with E-state index >= 15 is 0 Å². The normalized spacial score (nSPS) is 10.5. The molecule has 158 valence electrons. The van der Waals surface area contributed by atoms with Crippen LogP contribution in [0.15, 0.2) is 34.2 Å². The SMILES string of the molecule is CCOC(=O)Cc1csc(NC(=O)Cc2cc(-c3ccc(OC)c(OC)c3)on2)n1. The summed E-state index contributed by atoms with van der Waals surface area (Å²) < 4.78 is 20.8. The Morgan fingerprint density at radius 1 is 1.10 bits per heavy atom. The van der Waals surface area contributed by atoms with Crippen LogP contribution in [0, 0.1) is 0 Å². The Bertz CT molecular complexity index is 1030. The molecule has 0 bridgehead atoms. The highest BCUT2D eigenvalue weighted by atomic mass is 32.1. The minimum atomic E-state index is -0.356. The van der Waals surface area contributed by atoms with Crippen molar-refractivity contribution in [3.05, 3.63) is 41.0 Å². The monoisotopic (exact) mass is 431 g/mol. The summed E-state index contributed by atoms with van der Waals surface area (Å²) in [6, 6.07) is 7.03. The van der Waals surface area contributed by atoms with Crippen LogP contribution in [0.4, 0.5) is 5.13 Å². The Hall–Kier alpha value is -3.40. The maximum Gasteiger partial charge on any atom is 0.311 e. The van der Waals surface area contributed by atoms with Crippen LogP contribution in [0.2, 0.25) is 0 Å². The van der Waals surface area contributed by atoms with Crippen LogP contribution < -0.4 is 14.8 Å². The number of aromatic nitrogens is 2. The quantitative estimate of drug-likeness (QED) is 0.514. The maximum atomic E-state index is 12.3. The van der Waals surface area contributed by atoms with Crippen molar-refractivity contribution >= 4 is 28.3 Å². The minimum absolute atomic E-state index is 0.0174. The van der Waals surface area contributed by atoms with Crippen LogP contribution in [0.1, 0.15) is 18.3 Å². The highest BCUT2D eigenvalue weighted by Crippen LogP contribution is 2.32. The van der Waals surface area contributed by atoms with Crippen molar-refractivity contribution in [1.82, 2.24) is 10.1 Å². The number of ether oxygens (including phenoxy) is 3.